The van der Waals surface area contributed by atoms with Crippen LogP contribution in [0.1, 0.15) is 84.8 Å². The summed E-state index contributed by atoms with van der Waals surface area (Å²) in [7, 11) is 0. The molecule has 12 aromatic carbocycles. The minimum absolute atomic E-state index is 0.0215. The minimum Gasteiger partial charge on any atom is -0.309 e. The summed E-state index contributed by atoms with van der Waals surface area (Å²) in [6, 6.07) is 97.3. The van der Waals surface area contributed by atoms with Gasteiger partial charge in [-0.1, -0.05) is 212 Å². The van der Waals surface area contributed by atoms with E-state index in [-0.39, 0.29) is 5.78 Å². The van der Waals surface area contributed by atoms with Gasteiger partial charge in [-0.15, -0.1) is 0 Å². The molecule has 396 valence electrons. The van der Waals surface area contributed by atoms with Crippen LogP contribution in [0.5, 0.6) is 0 Å². The van der Waals surface area contributed by atoms with E-state index in [0.717, 1.165) is 22.5 Å². The summed E-state index contributed by atoms with van der Waals surface area (Å²) in [5.74, 6) is 1.70. The van der Waals surface area contributed by atoms with E-state index in [4.69, 9.17) is 0 Å². The third-order valence-electron chi connectivity index (χ3n) is 21.2. The fourth-order valence-electron chi connectivity index (χ4n) is 17.9. The van der Waals surface area contributed by atoms with Crippen molar-refractivity contribution in [1.29, 1.82) is 0 Å². The summed E-state index contributed by atoms with van der Waals surface area (Å²) < 4.78 is 4.90. The molecule has 2 aromatic heterocycles. The highest BCUT2D eigenvalue weighted by Crippen LogP contribution is 2.66. The first-order valence-electron chi connectivity index (χ1n) is 30.3. The lowest BCUT2D eigenvalue weighted by Crippen LogP contribution is -2.27. The van der Waals surface area contributed by atoms with Crippen molar-refractivity contribution in [2.24, 2.45) is 11.8 Å². The third kappa shape index (κ3) is 5.70. The Balaban J connectivity index is 0.812. The first-order valence-corrected chi connectivity index (χ1v) is 30.3. The molecule has 0 aliphatic heterocycles. The number of carbonyl (C=O) groups is 1. The lowest BCUT2D eigenvalue weighted by atomic mass is 9.69. The largest absolute Gasteiger partial charge is 0.309 e. The topological polar surface area (TPSA) is 26.9 Å². The molecule has 85 heavy (non-hydrogen) atoms. The normalized spacial score (nSPS) is 17.9. The maximum atomic E-state index is 16.2. The highest BCUT2D eigenvalue weighted by molar-refractivity contribution is 6.13. The van der Waals surface area contributed by atoms with Gasteiger partial charge in [-0.2, -0.15) is 0 Å². The second-order valence-corrected chi connectivity index (χ2v) is 24.8. The molecule has 2 spiro atoms. The second kappa shape index (κ2) is 16.5. The number of aromatic nitrogens is 2. The maximum Gasteiger partial charge on any atom is 0.193 e. The van der Waals surface area contributed by atoms with Crippen molar-refractivity contribution in [2.45, 2.75) is 29.6 Å². The van der Waals surface area contributed by atoms with E-state index >= 15 is 4.79 Å². The summed E-state index contributed by atoms with van der Waals surface area (Å²) in [5.41, 5.74) is 28.0. The van der Waals surface area contributed by atoms with E-state index in [1.54, 1.807) is 0 Å². The monoisotopic (exact) mass is 1080 g/mol. The molecule has 0 saturated heterocycles. The fraction of sp³-hybridized carbons (Fsp3) is 0.0854. The highest BCUT2D eigenvalue weighted by Gasteiger charge is 2.54. The zero-order valence-electron chi connectivity index (χ0n) is 46.4. The van der Waals surface area contributed by atoms with Gasteiger partial charge in [-0.05, 0) is 186 Å². The molecule has 2 atom stereocenters. The summed E-state index contributed by atoms with van der Waals surface area (Å²) in [6.07, 6.45) is 7.47. The summed E-state index contributed by atoms with van der Waals surface area (Å²) >= 11 is 0. The number of fused-ring (bicyclic) bond motifs is 28. The van der Waals surface area contributed by atoms with Crippen LogP contribution >= 0.6 is 0 Å². The van der Waals surface area contributed by atoms with Crippen LogP contribution in [-0.4, -0.2) is 14.9 Å². The Morgan fingerprint density at radius 3 is 1.04 bits per heavy atom. The number of rotatable bonds is 5. The van der Waals surface area contributed by atoms with Crippen molar-refractivity contribution in [3.8, 4) is 55.9 Å². The van der Waals surface area contributed by atoms with Crippen LogP contribution in [0.2, 0.25) is 0 Å². The van der Waals surface area contributed by atoms with Crippen molar-refractivity contribution in [3.05, 3.63) is 334 Å². The molecule has 20 rings (SSSR count). The summed E-state index contributed by atoms with van der Waals surface area (Å²) in [5, 5.41) is 4.92. The van der Waals surface area contributed by atoms with Gasteiger partial charge in [0.1, 0.15) is 0 Å². The highest BCUT2D eigenvalue weighted by atomic mass is 16.1. The molecule has 2 unspecified atom stereocenters. The number of nitrogens with zero attached hydrogens (tertiary/aromatic N) is 2. The lowest BCUT2D eigenvalue weighted by Gasteiger charge is -2.32. The molecule has 6 aliphatic rings. The predicted octanol–water partition coefficient (Wildman–Crippen LogP) is 19.5. The number of hydrogen-bond acceptors (Lipinski definition) is 1. The van der Waals surface area contributed by atoms with Gasteiger partial charge in [0.15, 0.2) is 5.78 Å². The summed E-state index contributed by atoms with van der Waals surface area (Å²) in [6.45, 7) is 0. The number of para-hydroxylation sites is 4. The van der Waals surface area contributed by atoms with Gasteiger partial charge in [0.05, 0.1) is 32.9 Å². The van der Waals surface area contributed by atoms with Crippen molar-refractivity contribution < 1.29 is 4.79 Å². The van der Waals surface area contributed by atoms with Crippen LogP contribution in [-0.2, 0) is 10.8 Å². The Hall–Kier alpha value is -10.4. The average molecular weight is 1080 g/mol. The van der Waals surface area contributed by atoms with Crippen molar-refractivity contribution >= 4 is 49.4 Å². The van der Waals surface area contributed by atoms with Crippen molar-refractivity contribution in [2.75, 3.05) is 0 Å². The molecular weight excluding hydrogens is 1030 g/mol. The van der Waals surface area contributed by atoms with E-state index < -0.39 is 10.8 Å². The molecule has 0 radical (unpaired) electrons. The van der Waals surface area contributed by atoms with Gasteiger partial charge in [-0.25, -0.2) is 0 Å². The van der Waals surface area contributed by atoms with Crippen LogP contribution in [0.15, 0.2) is 273 Å². The first kappa shape index (κ1) is 46.2. The van der Waals surface area contributed by atoms with Crippen LogP contribution in [0.4, 0.5) is 0 Å². The molecule has 3 nitrogen and oxygen atoms in total. The van der Waals surface area contributed by atoms with Crippen LogP contribution in [0, 0.1) is 11.8 Å². The van der Waals surface area contributed by atoms with Gasteiger partial charge in [0.2, 0.25) is 0 Å². The van der Waals surface area contributed by atoms with E-state index in [9.17, 15) is 0 Å². The molecule has 0 N–H and O–H groups in total. The quantitative estimate of drug-likeness (QED) is 0.125. The molecule has 6 aliphatic carbocycles. The molecular formula is C82H52N2O. The van der Waals surface area contributed by atoms with Crippen molar-refractivity contribution in [3.63, 3.8) is 0 Å². The molecule has 1 saturated carbocycles. The molecule has 0 amide bonds. The van der Waals surface area contributed by atoms with E-state index in [0.29, 0.717) is 28.9 Å². The van der Waals surface area contributed by atoms with Gasteiger partial charge in [0, 0.05) is 44.0 Å². The standard InChI is InChI=1S/C82H52N2O/c85-80(51-35-40-60-59-38-33-50(79-48-29-30-49(79)32-31-48)43-70(59)81(71(60)44-51)67-22-8-1-15-55(67)56-16-2-9-23-68(56)81)52-34-39-58-57-17-3-10-24-69(57)82(72(58)45-52)73-46-53(83-75-25-11-4-18-63(75)64-19-5-12-26-76(64)83)36-41-61(73)62-42-37-54(47-74(62)82)84-77-27-13-6-20-65(77)66-21-7-14-28-78(66)84/h1-30,33-49,79H,31-32H2. The Morgan fingerprint density at radius 1 is 0.306 bits per heavy atom. The summed E-state index contributed by atoms with van der Waals surface area (Å²) in [4.78, 5) is 16.2. The maximum absolute atomic E-state index is 16.2. The smallest absolute Gasteiger partial charge is 0.193 e. The molecule has 1 fully saturated rings. The molecule has 2 bridgehead atoms. The van der Waals surface area contributed by atoms with Crippen molar-refractivity contribution in [1.82, 2.24) is 9.13 Å². The third-order valence-corrected chi connectivity index (χ3v) is 21.2. The van der Waals surface area contributed by atoms with Crippen LogP contribution in [0.25, 0.3) is 99.5 Å². The minimum atomic E-state index is -0.788. The van der Waals surface area contributed by atoms with Gasteiger partial charge < -0.3 is 9.13 Å². The zero-order valence-corrected chi connectivity index (χ0v) is 46.4. The van der Waals surface area contributed by atoms with Crippen LogP contribution in [0.3, 0.4) is 0 Å². The Kier molecular flexibility index (Phi) is 8.94. The molecule has 14 aromatic rings. The van der Waals surface area contributed by atoms with Gasteiger partial charge >= 0.3 is 0 Å². The molecule has 2 heterocycles. The van der Waals surface area contributed by atoms with Gasteiger partial charge in [-0.3, -0.25) is 4.79 Å². The SMILES string of the molecule is O=C(c1ccc2c(c1)C1(c3ccccc3-c3ccccc31)c1cc(C3C4C=CC3CC4)ccc1-2)c1ccc2c(c1)C1(c3ccccc3-2)c2cc(-n3c4ccccc4c4ccccc43)ccc2-c2ccc(-n3c4ccccc4c4ccccc43)cc21. The Morgan fingerprint density at radius 2 is 0.624 bits per heavy atom. The Labute approximate surface area is 492 Å². The number of hydrogen-bond donors (Lipinski definition) is 0. The van der Waals surface area contributed by atoms with Gasteiger partial charge in [0.25, 0.3) is 0 Å². The Bertz CT molecular complexity index is 5060. The zero-order chi connectivity index (χ0) is 55.4. The van der Waals surface area contributed by atoms with E-state index in [1.807, 2.05) is 0 Å². The van der Waals surface area contributed by atoms with Crippen LogP contribution < -0.4 is 0 Å². The average Bonchev–Trinajstić information content (AvgIpc) is 1.58. The second-order valence-electron chi connectivity index (χ2n) is 24.8. The first-order chi connectivity index (χ1) is 42.1. The predicted molar refractivity (Wildman–Crippen MR) is 346 cm³/mol. The number of benzene rings is 12. The fourth-order valence-corrected chi connectivity index (χ4v) is 17.9. The number of allylic oxidation sites excluding steroid dienone is 2. The van der Waals surface area contributed by atoms with E-state index in [2.05, 4.69) is 282 Å². The number of ketones is 1. The lowest BCUT2D eigenvalue weighted by molar-refractivity contribution is 0.103. The van der Waals surface area contributed by atoms with E-state index in [1.165, 1.54) is 140 Å². The molecule has 3 heteroatoms. The number of carbonyl (C=O) groups excluding carboxylic acids is 1.